The van der Waals surface area contributed by atoms with Crippen LogP contribution in [-0.2, 0) is 0 Å². The standard InChI is InChI=1S/C24H15NO3/c25-24-19(16-12-10-15(11-13-16)14-6-2-1-3-7-14)20-21(26)17-8-4-5-9-18(17)22(27)23(20)28-24/h1-13H,25H2. The van der Waals surface area contributed by atoms with Crippen LogP contribution in [0.15, 0.2) is 83.3 Å². The molecule has 0 saturated carbocycles. The lowest BCUT2D eigenvalue weighted by molar-refractivity contribution is 0.0961. The zero-order valence-corrected chi connectivity index (χ0v) is 14.8. The smallest absolute Gasteiger partial charge is 0.229 e. The normalized spacial score (nSPS) is 12.6. The summed E-state index contributed by atoms with van der Waals surface area (Å²) in [5.41, 5.74) is 10.4. The monoisotopic (exact) mass is 365 g/mol. The number of carbonyl (C=O) groups excluding carboxylic acids is 2. The van der Waals surface area contributed by atoms with E-state index in [0.29, 0.717) is 16.7 Å². The predicted molar refractivity (Wildman–Crippen MR) is 107 cm³/mol. The van der Waals surface area contributed by atoms with Gasteiger partial charge in [0.05, 0.1) is 11.1 Å². The summed E-state index contributed by atoms with van der Waals surface area (Å²) in [5, 5.41) is 0. The molecular weight excluding hydrogens is 350 g/mol. The number of ketones is 2. The molecule has 0 aliphatic heterocycles. The Kier molecular flexibility index (Phi) is 3.52. The molecule has 3 aromatic carbocycles. The fourth-order valence-electron chi connectivity index (χ4n) is 3.71. The van der Waals surface area contributed by atoms with Gasteiger partial charge in [-0.25, -0.2) is 0 Å². The van der Waals surface area contributed by atoms with Crippen molar-refractivity contribution < 1.29 is 14.0 Å². The van der Waals surface area contributed by atoms with Gasteiger partial charge < -0.3 is 10.2 Å². The Morgan fingerprint density at radius 1 is 0.571 bits per heavy atom. The van der Waals surface area contributed by atoms with Crippen molar-refractivity contribution in [1.29, 1.82) is 0 Å². The molecule has 0 fully saturated rings. The number of fused-ring (bicyclic) bond motifs is 2. The Labute approximate surface area is 161 Å². The van der Waals surface area contributed by atoms with Crippen LogP contribution in [0.3, 0.4) is 0 Å². The Balaban J connectivity index is 1.64. The molecule has 1 aliphatic rings. The van der Waals surface area contributed by atoms with Gasteiger partial charge in [0.15, 0.2) is 17.4 Å². The van der Waals surface area contributed by atoms with Crippen molar-refractivity contribution in [1.82, 2.24) is 0 Å². The van der Waals surface area contributed by atoms with Crippen LogP contribution in [-0.4, -0.2) is 11.6 Å². The van der Waals surface area contributed by atoms with E-state index in [4.69, 9.17) is 10.2 Å². The molecule has 0 spiro atoms. The number of nitrogen functional groups attached to an aromatic ring is 1. The second-order valence-corrected chi connectivity index (χ2v) is 6.69. The first-order chi connectivity index (χ1) is 13.6. The fraction of sp³-hybridized carbons (Fsp3) is 0. The highest BCUT2D eigenvalue weighted by atomic mass is 16.4. The topological polar surface area (TPSA) is 73.3 Å². The zero-order valence-electron chi connectivity index (χ0n) is 14.8. The second kappa shape index (κ2) is 6.06. The third-order valence-electron chi connectivity index (χ3n) is 5.07. The minimum Gasteiger partial charge on any atom is -0.436 e. The van der Waals surface area contributed by atoms with Crippen molar-refractivity contribution in [2.45, 2.75) is 0 Å². The first-order valence-electron chi connectivity index (χ1n) is 8.91. The van der Waals surface area contributed by atoms with E-state index in [2.05, 4.69) is 0 Å². The van der Waals surface area contributed by atoms with Crippen LogP contribution in [0.5, 0.6) is 0 Å². The maximum atomic E-state index is 13.1. The van der Waals surface area contributed by atoms with Crippen molar-refractivity contribution in [3.8, 4) is 22.3 Å². The van der Waals surface area contributed by atoms with Gasteiger partial charge >= 0.3 is 0 Å². The van der Waals surface area contributed by atoms with Crippen LogP contribution in [0.4, 0.5) is 5.88 Å². The van der Waals surface area contributed by atoms with E-state index in [9.17, 15) is 9.59 Å². The highest BCUT2D eigenvalue weighted by Crippen LogP contribution is 2.40. The molecule has 4 nitrogen and oxygen atoms in total. The molecular formula is C24H15NO3. The summed E-state index contributed by atoms with van der Waals surface area (Å²) >= 11 is 0. The van der Waals surface area contributed by atoms with Gasteiger partial charge in [-0.15, -0.1) is 0 Å². The Hall–Kier alpha value is -3.92. The number of hydrogen-bond donors (Lipinski definition) is 1. The summed E-state index contributed by atoms with van der Waals surface area (Å²) in [6.07, 6.45) is 0. The molecule has 134 valence electrons. The molecule has 0 amide bonds. The second-order valence-electron chi connectivity index (χ2n) is 6.69. The summed E-state index contributed by atoms with van der Waals surface area (Å²) in [7, 11) is 0. The highest BCUT2D eigenvalue weighted by molar-refractivity contribution is 6.30. The minimum absolute atomic E-state index is 0.0170. The molecule has 2 N–H and O–H groups in total. The average molecular weight is 365 g/mol. The number of benzene rings is 3. The molecule has 28 heavy (non-hydrogen) atoms. The summed E-state index contributed by atoms with van der Waals surface area (Å²) in [6.45, 7) is 0. The molecule has 4 heteroatoms. The minimum atomic E-state index is -0.316. The highest BCUT2D eigenvalue weighted by Gasteiger charge is 2.37. The fourth-order valence-corrected chi connectivity index (χ4v) is 3.71. The predicted octanol–water partition coefficient (Wildman–Crippen LogP) is 4.97. The van der Waals surface area contributed by atoms with Crippen molar-refractivity contribution in [2.24, 2.45) is 0 Å². The average Bonchev–Trinajstić information content (AvgIpc) is 3.10. The molecule has 1 aliphatic carbocycles. The van der Waals surface area contributed by atoms with Crippen molar-refractivity contribution in [3.63, 3.8) is 0 Å². The molecule has 0 unspecified atom stereocenters. The first kappa shape index (κ1) is 16.3. The van der Waals surface area contributed by atoms with Crippen molar-refractivity contribution in [2.75, 3.05) is 5.73 Å². The lowest BCUT2D eigenvalue weighted by atomic mass is 9.85. The SMILES string of the molecule is Nc1oc2c(c1-c1ccc(-c3ccccc3)cc1)C(=O)c1ccccc1C2=O. The first-order valence-corrected chi connectivity index (χ1v) is 8.91. The third-order valence-corrected chi connectivity index (χ3v) is 5.07. The molecule has 0 saturated heterocycles. The van der Waals surface area contributed by atoms with Crippen LogP contribution in [0.1, 0.15) is 32.0 Å². The molecule has 0 atom stereocenters. The molecule has 5 rings (SSSR count). The van der Waals surface area contributed by atoms with Gasteiger partial charge in [0.2, 0.25) is 5.78 Å². The van der Waals surface area contributed by atoms with Gasteiger partial charge in [-0.3, -0.25) is 9.59 Å². The van der Waals surface area contributed by atoms with Crippen molar-refractivity contribution >= 4 is 17.5 Å². The molecule has 1 heterocycles. The lowest BCUT2D eigenvalue weighted by Gasteiger charge is -2.14. The van der Waals surface area contributed by atoms with Gasteiger partial charge in [-0.05, 0) is 16.7 Å². The molecule has 4 aromatic rings. The van der Waals surface area contributed by atoms with E-state index in [1.807, 2.05) is 54.6 Å². The van der Waals surface area contributed by atoms with E-state index in [-0.39, 0.29) is 28.8 Å². The van der Waals surface area contributed by atoms with E-state index >= 15 is 0 Å². The summed E-state index contributed by atoms with van der Waals surface area (Å²) in [5.74, 6) is -0.466. The third kappa shape index (κ3) is 2.32. The summed E-state index contributed by atoms with van der Waals surface area (Å²) in [4.78, 5) is 25.9. The van der Waals surface area contributed by atoms with Crippen LogP contribution in [0.25, 0.3) is 22.3 Å². The quantitative estimate of drug-likeness (QED) is 0.479. The van der Waals surface area contributed by atoms with Gasteiger partial charge in [-0.1, -0.05) is 78.9 Å². The summed E-state index contributed by atoms with van der Waals surface area (Å²) in [6, 6.07) is 24.5. The molecule has 0 radical (unpaired) electrons. The number of carbonyl (C=O) groups is 2. The number of nitrogens with two attached hydrogens (primary N) is 1. The van der Waals surface area contributed by atoms with Crippen LogP contribution < -0.4 is 5.73 Å². The summed E-state index contributed by atoms with van der Waals surface area (Å²) < 4.78 is 5.55. The van der Waals surface area contributed by atoms with E-state index < -0.39 is 0 Å². The largest absolute Gasteiger partial charge is 0.436 e. The molecule has 1 aromatic heterocycles. The van der Waals surface area contributed by atoms with Crippen LogP contribution in [0.2, 0.25) is 0 Å². The van der Waals surface area contributed by atoms with Crippen LogP contribution >= 0.6 is 0 Å². The zero-order chi connectivity index (χ0) is 19.3. The van der Waals surface area contributed by atoms with Gasteiger partial charge in [0.25, 0.3) is 0 Å². The number of anilines is 1. The van der Waals surface area contributed by atoms with Crippen LogP contribution in [0, 0.1) is 0 Å². The van der Waals surface area contributed by atoms with Crippen molar-refractivity contribution in [3.05, 3.63) is 101 Å². The van der Waals surface area contributed by atoms with Gasteiger partial charge in [0.1, 0.15) is 0 Å². The Bertz CT molecular complexity index is 1230. The maximum Gasteiger partial charge on any atom is 0.229 e. The van der Waals surface area contributed by atoms with Gasteiger partial charge in [0, 0.05) is 11.1 Å². The van der Waals surface area contributed by atoms with E-state index in [1.54, 1.807) is 24.3 Å². The number of furan rings is 1. The Morgan fingerprint density at radius 3 is 1.79 bits per heavy atom. The Morgan fingerprint density at radius 2 is 1.11 bits per heavy atom. The van der Waals surface area contributed by atoms with Gasteiger partial charge in [-0.2, -0.15) is 0 Å². The van der Waals surface area contributed by atoms with E-state index in [0.717, 1.165) is 16.7 Å². The lowest BCUT2D eigenvalue weighted by Crippen LogP contribution is -2.19. The number of hydrogen-bond acceptors (Lipinski definition) is 4. The maximum absolute atomic E-state index is 13.1. The number of rotatable bonds is 2. The van der Waals surface area contributed by atoms with E-state index in [1.165, 1.54) is 0 Å². The molecule has 0 bridgehead atoms.